The molecule has 1 N–H and O–H groups in total. The molecule has 1 aromatic carbocycles. The van der Waals surface area contributed by atoms with Crippen molar-refractivity contribution >= 4 is 23.4 Å². The molecule has 138 valence electrons. The SMILES string of the molecule is CCCCCNC(=O)c1cc2n(n1)CCN(Cc1ccc(Cl)cc1)C2=O. The quantitative estimate of drug-likeness (QED) is 0.757. The summed E-state index contributed by atoms with van der Waals surface area (Å²) in [4.78, 5) is 26.7. The zero-order valence-electron chi connectivity index (χ0n) is 14.9. The molecule has 0 unspecified atom stereocenters. The Hall–Kier alpha value is -2.34. The highest BCUT2D eigenvalue weighted by Gasteiger charge is 2.27. The average Bonchev–Trinajstić information content (AvgIpc) is 3.08. The molecule has 0 bridgehead atoms. The van der Waals surface area contributed by atoms with Gasteiger partial charge >= 0.3 is 0 Å². The molecule has 0 fully saturated rings. The third-order valence-electron chi connectivity index (χ3n) is 4.45. The van der Waals surface area contributed by atoms with Gasteiger partial charge in [-0.2, -0.15) is 5.10 Å². The molecule has 0 saturated heterocycles. The summed E-state index contributed by atoms with van der Waals surface area (Å²) >= 11 is 5.91. The van der Waals surface area contributed by atoms with Crippen LogP contribution in [0.25, 0.3) is 0 Å². The van der Waals surface area contributed by atoms with Crippen molar-refractivity contribution in [1.82, 2.24) is 20.0 Å². The van der Waals surface area contributed by atoms with Gasteiger partial charge in [-0.15, -0.1) is 0 Å². The minimum atomic E-state index is -0.222. The molecule has 1 aliphatic heterocycles. The molecule has 0 saturated carbocycles. The number of carbonyl (C=O) groups excluding carboxylic acids is 2. The molecule has 0 aliphatic carbocycles. The molecule has 2 amide bonds. The highest BCUT2D eigenvalue weighted by atomic mass is 35.5. The van der Waals surface area contributed by atoms with Crippen LogP contribution < -0.4 is 5.32 Å². The summed E-state index contributed by atoms with van der Waals surface area (Å²) in [5, 5.41) is 7.83. The smallest absolute Gasteiger partial charge is 0.272 e. The Labute approximate surface area is 158 Å². The first-order valence-electron chi connectivity index (χ1n) is 8.98. The molecular weight excluding hydrogens is 352 g/mol. The molecule has 7 heteroatoms. The minimum Gasteiger partial charge on any atom is -0.351 e. The Morgan fingerprint density at radius 3 is 2.73 bits per heavy atom. The van der Waals surface area contributed by atoms with Gasteiger partial charge in [0.05, 0.1) is 6.54 Å². The molecule has 6 nitrogen and oxygen atoms in total. The van der Waals surface area contributed by atoms with Gasteiger partial charge in [0.15, 0.2) is 5.69 Å². The summed E-state index contributed by atoms with van der Waals surface area (Å²) in [6.45, 7) is 4.41. The van der Waals surface area contributed by atoms with Crippen LogP contribution in [0.1, 0.15) is 52.7 Å². The maximum Gasteiger partial charge on any atom is 0.272 e. The lowest BCUT2D eigenvalue weighted by atomic mass is 10.2. The van der Waals surface area contributed by atoms with Crippen LogP contribution in [-0.2, 0) is 13.1 Å². The van der Waals surface area contributed by atoms with Crippen molar-refractivity contribution in [2.24, 2.45) is 0 Å². The van der Waals surface area contributed by atoms with Gasteiger partial charge < -0.3 is 10.2 Å². The van der Waals surface area contributed by atoms with Gasteiger partial charge in [0.2, 0.25) is 0 Å². The van der Waals surface area contributed by atoms with Crippen molar-refractivity contribution in [3.05, 3.63) is 52.3 Å². The van der Waals surface area contributed by atoms with Gasteiger partial charge in [-0.1, -0.05) is 43.5 Å². The van der Waals surface area contributed by atoms with Crippen LogP contribution in [0, 0.1) is 0 Å². The molecular formula is C19H23ClN4O2. The van der Waals surface area contributed by atoms with Crippen molar-refractivity contribution in [2.45, 2.75) is 39.3 Å². The lowest BCUT2D eigenvalue weighted by molar-refractivity contribution is 0.0683. The molecule has 2 aromatic rings. The van der Waals surface area contributed by atoms with E-state index < -0.39 is 0 Å². The van der Waals surface area contributed by atoms with E-state index in [1.165, 1.54) is 0 Å². The summed E-state index contributed by atoms with van der Waals surface area (Å²) in [6.07, 6.45) is 3.13. The number of aromatic nitrogens is 2. The fraction of sp³-hybridized carbons (Fsp3) is 0.421. The van der Waals surface area contributed by atoms with Gasteiger partial charge in [-0.05, 0) is 24.1 Å². The van der Waals surface area contributed by atoms with Gasteiger partial charge in [-0.3, -0.25) is 14.3 Å². The molecule has 2 heterocycles. The van der Waals surface area contributed by atoms with Crippen molar-refractivity contribution < 1.29 is 9.59 Å². The predicted molar refractivity (Wildman–Crippen MR) is 100 cm³/mol. The van der Waals surface area contributed by atoms with E-state index in [0.29, 0.717) is 42.6 Å². The lowest BCUT2D eigenvalue weighted by Crippen LogP contribution is -2.39. The van der Waals surface area contributed by atoms with E-state index in [0.717, 1.165) is 24.8 Å². The van der Waals surface area contributed by atoms with Crippen molar-refractivity contribution in [2.75, 3.05) is 13.1 Å². The Bertz CT molecular complexity index is 785. The van der Waals surface area contributed by atoms with E-state index in [9.17, 15) is 9.59 Å². The second-order valence-electron chi connectivity index (χ2n) is 6.45. The number of hydrogen-bond donors (Lipinski definition) is 1. The van der Waals surface area contributed by atoms with Crippen LogP contribution in [0.15, 0.2) is 30.3 Å². The summed E-state index contributed by atoms with van der Waals surface area (Å²) in [5.74, 6) is -0.330. The molecule has 3 rings (SSSR count). The van der Waals surface area contributed by atoms with Crippen LogP contribution in [0.5, 0.6) is 0 Å². The summed E-state index contributed by atoms with van der Waals surface area (Å²) < 4.78 is 1.63. The summed E-state index contributed by atoms with van der Waals surface area (Å²) in [6, 6.07) is 9.05. The van der Waals surface area contributed by atoms with E-state index in [2.05, 4.69) is 17.3 Å². The zero-order chi connectivity index (χ0) is 18.5. The molecule has 0 atom stereocenters. The van der Waals surface area contributed by atoms with Gasteiger partial charge in [0, 0.05) is 30.7 Å². The predicted octanol–water partition coefficient (Wildman–Crippen LogP) is 3.11. The third-order valence-corrected chi connectivity index (χ3v) is 4.71. The normalized spacial score (nSPS) is 13.6. The molecule has 0 spiro atoms. The van der Waals surface area contributed by atoms with Crippen molar-refractivity contribution in [1.29, 1.82) is 0 Å². The Morgan fingerprint density at radius 2 is 2.00 bits per heavy atom. The number of rotatable bonds is 7. The summed E-state index contributed by atoms with van der Waals surface area (Å²) in [5.41, 5.74) is 1.78. The molecule has 1 aromatic heterocycles. The Kier molecular flexibility index (Phi) is 5.93. The molecule has 1 aliphatic rings. The standard InChI is InChI=1S/C19H23ClN4O2/c1-2-3-4-9-21-18(25)16-12-17-19(26)23(10-11-24(17)22-16)13-14-5-7-15(20)8-6-14/h5-8,12H,2-4,9-11,13H2,1H3,(H,21,25). The topological polar surface area (TPSA) is 67.2 Å². The largest absolute Gasteiger partial charge is 0.351 e. The maximum atomic E-state index is 12.7. The number of nitrogens with zero attached hydrogens (tertiary/aromatic N) is 3. The van der Waals surface area contributed by atoms with E-state index in [4.69, 9.17) is 11.6 Å². The number of fused-ring (bicyclic) bond motifs is 1. The highest BCUT2D eigenvalue weighted by Crippen LogP contribution is 2.18. The Morgan fingerprint density at radius 1 is 1.23 bits per heavy atom. The maximum absolute atomic E-state index is 12.7. The first-order valence-corrected chi connectivity index (χ1v) is 9.36. The number of halogens is 1. The number of hydrogen-bond acceptors (Lipinski definition) is 3. The second-order valence-corrected chi connectivity index (χ2v) is 6.89. The number of amides is 2. The van der Waals surface area contributed by atoms with Crippen LogP contribution in [0.4, 0.5) is 0 Å². The highest BCUT2D eigenvalue weighted by molar-refractivity contribution is 6.30. The van der Waals surface area contributed by atoms with E-state index in [1.54, 1.807) is 15.6 Å². The van der Waals surface area contributed by atoms with Gasteiger partial charge in [-0.25, -0.2) is 0 Å². The fourth-order valence-corrected chi connectivity index (χ4v) is 3.10. The van der Waals surface area contributed by atoms with Crippen molar-refractivity contribution in [3.8, 4) is 0 Å². The van der Waals surface area contributed by atoms with Crippen molar-refractivity contribution in [3.63, 3.8) is 0 Å². The van der Waals surface area contributed by atoms with Crippen LogP contribution in [0.3, 0.4) is 0 Å². The average molecular weight is 375 g/mol. The Balaban J connectivity index is 1.65. The molecule has 26 heavy (non-hydrogen) atoms. The lowest BCUT2D eigenvalue weighted by Gasteiger charge is -2.27. The monoisotopic (exact) mass is 374 g/mol. The number of nitrogens with one attached hydrogen (secondary N) is 1. The van der Waals surface area contributed by atoms with Gasteiger partial charge in [0.25, 0.3) is 11.8 Å². The number of unbranched alkanes of at least 4 members (excludes halogenated alkanes) is 2. The molecule has 0 radical (unpaired) electrons. The summed E-state index contributed by atoms with van der Waals surface area (Å²) in [7, 11) is 0. The van der Waals surface area contributed by atoms with Gasteiger partial charge in [0.1, 0.15) is 5.69 Å². The first-order chi connectivity index (χ1) is 12.6. The van der Waals surface area contributed by atoms with Crippen LogP contribution >= 0.6 is 11.6 Å². The first kappa shape index (κ1) is 18.5. The minimum absolute atomic E-state index is 0.108. The van der Waals surface area contributed by atoms with Crippen LogP contribution in [0.2, 0.25) is 5.02 Å². The number of benzene rings is 1. The third kappa shape index (κ3) is 4.25. The zero-order valence-corrected chi connectivity index (χ0v) is 15.6. The van der Waals surface area contributed by atoms with E-state index in [1.807, 2.05) is 24.3 Å². The second kappa shape index (κ2) is 8.36. The van der Waals surface area contributed by atoms with E-state index >= 15 is 0 Å². The number of carbonyl (C=O) groups is 2. The fourth-order valence-electron chi connectivity index (χ4n) is 2.98. The van der Waals surface area contributed by atoms with E-state index in [-0.39, 0.29) is 11.8 Å². The van der Waals surface area contributed by atoms with Crippen LogP contribution in [-0.4, -0.2) is 39.6 Å².